The third kappa shape index (κ3) is 3.04. The molecule has 2 N–H and O–H groups in total. The number of nitro benzene ring substituents is 1. The van der Waals surface area contributed by atoms with E-state index in [-0.39, 0.29) is 24.5 Å². The van der Waals surface area contributed by atoms with E-state index in [1.807, 2.05) is 0 Å². The van der Waals surface area contributed by atoms with Crippen LogP contribution < -0.4 is 10.6 Å². The Labute approximate surface area is 154 Å². The number of primary amides is 1. The number of hydrogen-bond acceptors (Lipinski definition) is 7. The fourth-order valence-corrected chi connectivity index (χ4v) is 2.86. The number of urea groups is 1. The molecule has 0 fully saturated rings. The van der Waals surface area contributed by atoms with Gasteiger partial charge in [0, 0.05) is 19.7 Å². The first-order valence-electron chi connectivity index (χ1n) is 8.03. The lowest BCUT2D eigenvalue weighted by molar-refractivity contribution is -0.587. The summed E-state index contributed by atoms with van der Waals surface area (Å²) >= 11 is 0. The Hall–Kier alpha value is -3.60. The minimum Gasteiger partial charge on any atom is -0.367 e. The Bertz CT molecular complexity index is 923. The molecule has 2 heterocycles. The van der Waals surface area contributed by atoms with Gasteiger partial charge in [0.05, 0.1) is 11.5 Å². The van der Waals surface area contributed by atoms with Crippen molar-refractivity contribution in [2.45, 2.75) is 6.92 Å². The molecule has 0 bridgehead atoms. The normalized spacial score (nSPS) is 20.4. The lowest BCUT2D eigenvalue weighted by Crippen LogP contribution is -2.58. The molecule has 1 unspecified atom stereocenters. The Morgan fingerprint density at radius 2 is 2.15 bits per heavy atom. The summed E-state index contributed by atoms with van der Waals surface area (Å²) in [4.78, 5) is 40.7. The standard InChI is InChI=1S/C16H17N7O4/c1-11-3-4-12(13(7-11)22(26)27)20(2)5-6-21-15(24)14-8-18-9-23(14,10-19-21)16(17)25/h3-4,7-10H,5-6H2,1-2H3,(H-,17,25)/p+1. The number of nitrogens with two attached hydrogens (primary N) is 1. The van der Waals surface area contributed by atoms with Crippen molar-refractivity contribution in [1.29, 1.82) is 0 Å². The van der Waals surface area contributed by atoms with Gasteiger partial charge in [-0.3, -0.25) is 14.9 Å². The Morgan fingerprint density at radius 1 is 1.41 bits per heavy atom. The van der Waals surface area contributed by atoms with Gasteiger partial charge in [-0.2, -0.15) is 0 Å². The van der Waals surface area contributed by atoms with Crippen LogP contribution >= 0.6 is 0 Å². The summed E-state index contributed by atoms with van der Waals surface area (Å²) in [5.41, 5.74) is 6.66. The van der Waals surface area contributed by atoms with E-state index in [2.05, 4.69) is 10.1 Å². The van der Waals surface area contributed by atoms with Gasteiger partial charge in [0.2, 0.25) is 18.4 Å². The molecule has 0 saturated carbocycles. The number of quaternary nitrogens is 1. The van der Waals surface area contributed by atoms with Crippen LogP contribution in [0.1, 0.15) is 5.56 Å². The van der Waals surface area contributed by atoms with E-state index in [0.29, 0.717) is 5.69 Å². The van der Waals surface area contributed by atoms with Crippen LogP contribution in [0.5, 0.6) is 0 Å². The van der Waals surface area contributed by atoms with Crippen molar-refractivity contribution < 1.29 is 19.0 Å². The predicted octanol–water partition coefficient (Wildman–Crippen LogP) is 0.904. The summed E-state index contributed by atoms with van der Waals surface area (Å²) in [5, 5.41) is 16.5. The summed E-state index contributed by atoms with van der Waals surface area (Å²) in [6.45, 7) is 2.23. The van der Waals surface area contributed by atoms with Crippen LogP contribution in [0.2, 0.25) is 0 Å². The van der Waals surface area contributed by atoms with Crippen LogP contribution in [-0.4, -0.2) is 59.2 Å². The van der Waals surface area contributed by atoms with E-state index in [1.165, 1.54) is 30.0 Å². The number of carbonyl (C=O) groups excluding carboxylic acids is 2. The maximum absolute atomic E-state index is 12.6. The number of rotatable bonds is 5. The largest absolute Gasteiger partial charge is 0.431 e. The monoisotopic (exact) mass is 372 g/mol. The van der Waals surface area contributed by atoms with Crippen molar-refractivity contribution in [2.75, 3.05) is 25.0 Å². The van der Waals surface area contributed by atoms with E-state index in [0.717, 1.165) is 5.56 Å². The van der Waals surface area contributed by atoms with E-state index in [4.69, 9.17) is 5.73 Å². The summed E-state index contributed by atoms with van der Waals surface area (Å²) < 4.78 is -0.644. The molecule has 3 rings (SSSR count). The molecule has 3 amide bonds. The molecule has 1 atom stereocenters. The van der Waals surface area contributed by atoms with Crippen molar-refractivity contribution >= 4 is 36.0 Å². The van der Waals surface area contributed by atoms with Crippen LogP contribution in [0.15, 0.2) is 40.2 Å². The zero-order valence-electron chi connectivity index (χ0n) is 14.8. The van der Waals surface area contributed by atoms with E-state index in [9.17, 15) is 19.7 Å². The number of benzene rings is 1. The number of hydrogen-bond donors (Lipinski definition) is 1. The van der Waals surface area contributed by atoms with Crippen molar-refractivity contribution in [2.24, 2.45) is 15.8 Å². The van der Waals surface area contributed by atoms with Crippen LogP contribution in [-0.2, 0) is 4.79 Å². The molecule has 27 heavy (non-hydrogen) atoms. The minimum absolute atomic E-state index is 0.0118. The van der Waals surface area contributed by atoms with Gasteiger partial charge in [0.15, 0.2) is 0 Å². The van der Waals surface area contributed by atoms with Gasteiger partial charge < -0.3 is 10.6 Å². The summed E-state index contributed by atoms with van der Waals surface area (Å²) in [7, 11) is 1.69. The molecular weight excluding hydrogens is 354 g/mol. The summed E-state index contributed by atoms with van der Waals surface area (Å²) in [5.74, 6) is -0.499. The highest BCUT2D eigenvalue weighted by molar-refractivity contribution is 6.03. The van der Waals surface area contributed by atoms with Gasteiger partial charge in [-0.15, -0.1) is 9.58 Å². The number of amides is 3. The molecule has 0 radical (unpaired) electrons. The second-order valence-corrected chi connectivity index (χ2v) is 6.22. The first kappa shape index (κ1) is 18.2. The highest BCUT2D eigenvalue weighted by atomic mass is 16.6. The third-order valence-electron chi connectivity index (χ3n) is 4.42. The van der Waals surface area contributed by atoms with E-state index < -0.39 is 21.3 Å². The number of nitro groups is 1. The van der Waals surface area contributed by atoms with Crippen molar-refractivity contribution in [1.82, 2.24) is 5.01 Å². The zero-order chi connectivity index (χ0) is 19.8. The van der Waals surface area contributed by atoms with Crippen molar-refractivity contribution in [3.63, 3.8) is 0 Å². The molecule has 2 aliphatic heterocycles. The SMILES string of the molecule is Cc1ccc(N(C)CCN2N=C[N+]3(C(N)=O)C=NC=C3C2=O)c([N+](=O)[O-])c1. The van der Waals surface area contributed by atoms with Gasteiger partial charge in [0.1, 0.15) is 11.9 Å². The third-order valence-corrected chi connectivity index (χ3v) is 4.42. The fourth-order valence-electron chi connectivity index (χ4n) is 2.86. The first-order chi connectivity index (χ1) is 12.8. The highest BCUT2D eigenvalue weighted by Crippen LogP contribution is 2.29. The van der Waals surface area contributed by atoms with Crippen LogP contribution in [0.3, 0.4) is 0 Å². The maximum Gasteiger partial charge on any atom is 0.431 e. The van der Waals surface area contributed by atoms with Crippen LogP contribution in [0.25, 0.3) is 0 Å². The molecule has 0 aromatic heterocycles. The second kappa shape index (κ2) is 6.61. The Morgan fingerprint density at radius 3 is 2.81 bits per heavy atom. The average Bonchev–Trinajstić information content (AvgIpc) is 3.07. The molecule has 1 aromatic rings. The predicted molar refractivity (Wildman–Crippen MR) is 97.7 cm³/mol. The molecule has 140 valence electrons. The van der Waals surface area contributed by atoms with Gasteiger partial charge >= 0.3 is 11.9 Å². The summed E-state index contributed by atoms with van der Waals surface area (Å²) in [6, 6.07) is 4.15. The first-order valence-corrected chi connectivity index (χ1v) is 8.03. The van der Waals surface area contributed by atoms with Crippen molar-refractivity contribution in [3.8, 4) is 0 Å². The van der Waals surface area contributed by atoms with Gasteiger partial charge in [-0.25, -0.2) is 14.8 Å². The minimum atomic E-state index is -0.786. The molecular formula is C16H18N7O4+. The van der Waals surface area contributed by atoms with Crippen molar-refractivity contribution in [3.05, 3.63) is 45.8 Å². The maximum atomic E-state index is 12.6. The lowest BCUT2D eigenvalue weighted by Gasteiger charge is -2.30. The lowest BCUT2D eigenvalue weighted by atomic mass is 10.2. The zero-order valence-corrected chi connectivity index (χ0v) is 14.8. The number of carbonyl (C=O) groups is 2. The summed E-state index contributed by atoms with van der Waals surface area (Å²) in [6.07, 6.45) is 3.75. The smallest absolute Gasteiger partial charge is 0.367 e. The topological polar surface area (TPSA) is 134 Å². The second-order valence-electron chi connectivity index (χ2n) is 6.22. The number of fused-ring (bicyclic) bond motifs is 1. The molecule has 0 saturated heterocycles. The van der Waals surface area contributed by atoms with Gasteiger partial charge in [-0.1, -0.05) is 6.07 Å². The molecule has 11 nitrogen and oxygen atoms in total. The van der Waals surface area contributed by atoms with E-state index >= 15 is 0 Å². The van der Waals surface area contributed by atoms with Crippen LogP contribution in [0, 0.1) is 17.0 Å². The number of aliphatic imine (C=N–C) groups is 1. The number of nitrogens with zero attached hydrogens (tertiary/aromatic N) is 6. The molecule has 11 heteroatoms. The number of hydrazone groups is 1. The van der Waals surface area contributed by atoms with Crippen LogP contribution in [0.4, 0.5) is 16.2 Å². The molecule has 0 spiro atoms. The van der Waals surface area contributed by atoms with E-state index in [1.54, 1.807) is 31.0 Å². The number of likely N-dealkylation sites (N-methyl/N-ethyl adjacent to an activating group) is 1. The van der Waals surface area contributed by atoms with Gasteiger partial charge in [-0.05, 0) is 18.6 Å². The quantitative estimate of drug-likeness (QED) is 0.465. The molecule has 1 aromatic carbocycles. The highest BCUT2D eigenvalue weighted by Gasteiger charge is 2.49. The Balaban J connectivity index is 1.76. The molecule has 0 aliphatic carbocycles. The average molecular weight is 372 g/mol. The molecule has 2 aliphatic rings. The number of aryl methyl sites for hydroxylation is 1. The van der Waals surface area contributed by atoms with Gasteiger partial charge in [0.25, 0.3) is 5.69 Å². The number of anilines is 1. The Kier molecular flexibility index (Phi) is 4.45. The fraction of sp³-hybridized carbons (Fsp3) is 0.250.